The zero-order valence-electron chi connectivity index (χ0n) is 10.3. The summed E-state index contributed by atoms with van der Waals surface area (Å²) in [4.78, 5) is 0. The molecule has 1 aliphatic carbocycles. The maximum Gasteiger partial charge on any atom is 0.124 e. The van der Waals surface area contributed by atoms with Gasteiger partial charge in [0.1, 0.15) is 17.7 Å². The molecule has 2 nitrogen and oxygen atoms in total. The maximum absolute atomic E-state index is 13.2. The van der Waals surface area contributed by atoms with E-state index in [1.165, 1.54) is 12.1 Å². The van der Waals surface area contributed by atoms with Crippen molar-refractivity contribution < 1.29 is 9.13 Å². The van der Waals surface area contributed by atoms with Gasteiger partial charge in [0.2, 0.25) is 0 Å². The molecule has 3 atom stereocenters. The van der Waals surface area contributed by atoms with E-state index in [2.05, 4.69) is 12.2 Å². The van der Waals surface area contributed by atoms with Crippen molar-refractivity contribution in [1.29, 1.82) is 0 Å². The summed E-state index contributed by atoms with van der Waals surface area (Å²) >= 11 is 0. The van der Waals surface area contributed by atoms with Gasteiger partial charge in [-0.2, -0.15) is 0 Å². The van der Waals surface area contributed by atoms with Crippen LogP contribution < -0.4 is 10.5 Å². The summed E-state index contributed by atoms with van der Waals surface area (Å²) in [6.07, 6.45) is 8.75. The van der Waals surface area contributed by atoms with E-state index in [1.807, 2.05) is 0 Å². The molecule has 0 spiro atoms. The molecule has 18 heavy (non-hydrogen) atoms. The number of halogens is 1. The van der Waals surface area contributed by atoms with Crippen molar-refractivity contribution in [2.45, 2.75) is 37.8 Å². The van der Waals surface area contributed by atoms with Crippen LogP contribution in [0.4, 0.5) is 4.39 Å². The SMILES string of the molecule is N[C@H]1CC(C2CC=CCC2)Oc2ccc(F)cc21. The number of nitrogens with two attached hydrogens (primary N) is 1. The van der Waals surface area contributed by atoms with Gasteiger partial charge in [0.15, 0.2) is 0 Å². The Morgan fingerprint density at radius 1 is 1.28 bits per heavy atom. The Morgan fingerprint density at radius 2 is 2.17 bits per heavy atom. The van der Waals surface area contributed by atoms with Crippen LogP contribution in [-0.4, -0.2) is 6.10 Å². The van der Waals surface area contributed by atoms with Gasteiger partial charge in [-0.15, -0.1) is 0 Å². The van der Waals surface area contributed by atoms with Crippen molar-refractivity contribution in [1.82, 2.24) is 0 Å². The number of benzene rings is 1. The first-order chi connectivity index (χ1) is 8.74. The van der Waals surface area contributed by atoms with Gasteiger partial charge < -0.3 is 10.5 Å². The Hall–Kier alpha value is -1.35. The Bertz CT molecular complexity index is 472. The quantitative estimate of drug-likeness (QED) is 0.772. The van der Waals surface area contributed by atoms with Crippen LogP contribution in [0.25, 0.3) is 0 Å². The molecule has 2 aliphatic rings. The molecular weight excluding hydrogens is 229 g/mol. The second kappa shape index (κ2) is 4.73. The molecule has 3 rings (SSSR count). The zero-order chi connectivity index (χ0) is 12.5. The van der Waals surface area contributed by atoms with E-state index >= 15 is 0 Å². The standard InChI is InChI=1S/C15H18FNO/c16-11-6-7-14-12(8-11)13(17)9-15(18-14)10-4-2-1-3-5-10/h1-2,6-8,10,13,15H,3-5,9,17H2/t10?,13-,15?/m0/s1. The fourth-order valence-corrected chi connectivity index (χ4v) is 2.95. The minimum Gasteiger partial charge on any atom is -0.490 e. The summed E-state index contributed by atoms with van der Waals surface area (Å²) < 4.78 is 19.2. The molecule has 2 N–H and O–H groups in total. The number of allylic oxidation sites excluding steroid dienone is 2. The smallest absolute Gasteiger partial charge is 0.124 e. The lowest BCUT2D eigenvalue weighted by Gasteiger charge is -2.35. The van der Waals surface area contributed by atoms with E-state index in [4.69, 9.17) is 10.5 Å². The molecule has 0 fully saturated rings. The number of ether oxygens (including phenoxy) is 1. The molecule has 3 heteroatoms. The van der Waals surface area contributed by atoms with Gasteiger partial charge in [0, 0.05) is 18.0 Å². The molecule has 0 bridgehead atoms. The summed E-state index contributed by atoms with van der Waals surface area (Å²) in [5, 5.41) is 0. The lowest BCUT2D eigenvalue weighted by atomic mass is 9.84. The van der Waals surface area contributed by atoms with Crippen molar-refractivity contribution in [3.63, 3.8) is 0 Å². The predicted octanol–water partition coefficient (Wildman–Crippen LogP) is 3.33. The van der Waals surface area contributed by atoms with Crippen molar-refractivity contribution in [3.05, 3.63) is 41.7 Å². The Morgan fingerprint density at radius 3 is 2.94 bits per heavy atom. The van der Waals surface area contributed by atoms with Crippen molar-refractivity contribution in [2.75, 3.05) is 0 Å². The molecule has 2 unspecified atom stereocenters. The number of rotatable bonds is 1. The average Bonchev–Trinajstić information content (AvgIpc) is 2.40. The third-order valence-corrected chi connectivity index (χ3v) is 3.97. The van der Waals surface area contributed by atoms with Crippen LogP contribution in [0.1, 0.15) is 37.3 Å². The van der Waals surface area contributed by atoms with Crippen LogP contribution >= 0.6 is 0 Å². The summed E-state index contributed by atoms with van der Waals surface area (Å²) in [5.41, 5.74) is 6.95. The van der Waals surface area contributed by atoms with Crippen molar-refractivity contribution in [2.24, 2.45) is 11.7 Å². The molecule has 1 aliphatic heterocycles. The number of hydrogen-bond donors (Lipinski definition) is 1. The van der Waals surface area contributed by atoms with Gasteiger partial charge in [-0.05, 0) is 43.4 Å². The Labute approximate surface area is 107 Å². The molecule has 0 aromatic heterocycles. The van der Waals surface area contributed by atoms with E-state index in [0.717, 1.165) is 37.0 Å². The highest BCUT2D eigenvalue weighted by molar-refractivity contribution is 5.38. The molecule has 0 amide bonds. The first kappa shape index (κ1) is 11.7. The summed E-state index contributed by atoms with van der Waals surface area (Å²) in [6.45, 7) is 0. The lowest BCUT2D eigenvalue weighted by molar-refractivity contribution is 0.0935. The van der Waals surface area contributed by atoms with Crippen molar-refractivity contribution in [3.8, 4) is 5.75 Å². The highest BCUT2D eigenvalue weighted by Crippen LogP contribution is 2.38. The van der Waals surface area contributed by atoms with E-state index < -0.39 is 0 Å². The Kier molecular flexibility index (Phi) is 3.08. The van der Waals surface area contributed by atoms with Gasteiger partial charge in [-0.3, -0.25) is 0 Å². The fraction of sp³-hybridized carbons (Fsp3) is 0.467. The summed E-state index contributed by atoms with van der Waals surface area (Å²) in [6, 6.07) is 4.53. The highest BCUT2D eigenvalue weighted by Gasteiger charge is 2.31. The molecular formula is C15H18FNO. The van der Waals surface area contributed by atoms with Crippen LogP contribution in [0.5, 0.6) is 5.75 Å². The van der Waals surface area contributed by atoms with Gasteiger partial charge in [0.25, 0.3) is 0 Å². The van der Waals surface area contributed by atoms with Crippen LogP contribution in [0.3, 0.4) is 0 Å². The third-order valence-electron chi connectivity index (χ3n) is 3.97. The third kappa shape index (κ3) is 2.15. The van der Waals surface area contributed by atoms with Crippen LogP contribution in [0.15, 0.2) is 30.4 Å². The normalized spacial score (nSPS) is 30.7. The molecule has 1 heterocycles. The first-order valence-corrected chi connectivity index (χ1v) is 6.61. The van der Waals surface area contributed by atoms with Gasteiger partial charge in [-0.1, -0.05) is 12.2 Å². The average molecular weight is 247 g/mol. The fourth-order valence-electron chi connectivity index (χ4n) is 2.95. The van der Waals surface area contributed by atoms with E-state index in [0.29, 0.717) is 5.92 Å². The topological polar surface area (TPSA) is 35.2 Å². The van der Waals surface area contributed by atoms with Crippen molar-refractivity contribution >= 4 is 0 Å². The number of fused-ring (bicyclic) bond motifs is 1. The van der Waals surface area contributed by atoms with Crippen LogP contribution in [0.2, 0.25) is 0 Å². The molecule has 0 saturated carbocycles. The van der Waals surface area contributed by atoms with Gasteiger partial charge >= 0.3 is 0 Å². The van der Waals surface area contributed by atoms with E-state index in [9.17, 15) is 4.39 Å². The van der Waals surface area contributed by atoms with E-state index in [1.54, 1.807) is 6.07 Å². The summed E-state index contributed by atoms with van der Waals surface area (Å²) in [5.74, 6) is 1.06. The van der Waals surface area contributed by atoms with Crippen LogP contribution in [-0.2, 0) is 0 Å². The first-order valence-electron chi connectivity index (χ1n) is 6.61. The molecule has 0 radical (unpaired) electrons. The predicted molar refractivity (Wildman–Crippen MR) is 68.8 cm³/mol. The second-order valence-corrected chi connectivity index (χ2v) is 5.23. The molecule has 96 valence electrons. The molecule has 1 aromatic carbocycles. The van der Waals surface area contributed by atoms with Gasteiger partial charge in [0.05, 0.1) is 0 Å². The lowest BCUT2D eigenvalue weighted by Crippen LogP contribution is -2.35. The van der Waals surface area contributed by atoms with Gasteiger partial charge in [-0.25, -0.2) is 4.39 Å². The highest BCUT2D eigenvalue weighted by atomic mass is 19.1. The minimum atomic E-state index is -0.244. The Balaban J connectivity index is 1.82. The van der Waals surface area contributed by atoms with E-state index in [-0.39, 0.29) is 18.0 Å². The largest absolute Gasteiger partial charge is 0.490 e. The maximum atomic E-state index is 13.2. The monoisotopic (exact) mass is 247 g/mol. The second-order valence-electron chi connectivity index (χ2n) is 5.23. The summed E-state index contributed by atoms with van der Waals surface area (Å²) in [7, 11) is 0. The molecule has 0 saturated heterocycles. The zero-order valence-corrected chi connectivity index (χ0v) is 10.3. The van der Waals surface area contributed by atoms with Crippen LogP contribution in [0, 0.1) is 11.7 Å². The minimum absolute atomic E-state index is 0.111. The molecule has 1 aromatic rings. The number of hydrogen-bond acceptors (Lipinski definition) is 2.